The minimum atomic E-state index is -0.0229. The predicted molar refractivity (Wildman–Crippen MR) is 71.3 cm³/mol. The highest BCUT2D eigenvalue weighted by atomic mass is 16.5. The van der Waals surface area contributed by atoms with Gasteiger partial charge in [0.25, 0.3) is 0 Å². The maximum absolute atomic E-state index is 9.31. The summed E-state index contributed by atoms with van der Waals surface area (Å²) >= 11 is 0. The number of ether oxygens (including phenoxy) is 1. The quantitative estimate of drug-likeness (QED) is 0.816. The molecule has 1 aromatic carbocycles. The van der Waals surface area contributed by atoms with Crippen LogP contribution in [-0.2, 0) is 4.74 Å². The van der Waals surface area contributed by atoms with Crippen molar-refractivity contribution in [3.05, 3.63) is 35.9 Å². The topological polar surface area (TPSA) is 36.3 Å². The van der Waals surface area contributed by atoms with Gasteiger partial charge in [0.1, 0.15) is 0 Å². The highest BCUT2D eigenvalue weighted by Crippen LogP contribution is 2.19. The number of nitriles is 1. The highest BCUT2D eigenvalue weighted by molar-refractivity contribution is 5.25. The van der Waals surface area contributed by atoms with Gasteiger partial charge >= 0.3 is 0 Å². The van der Waals surface area contributed by atoms with Crippen molar-refractivity contribution in [2.24, 2.45) is 0 Å². The van der Waals surface area contributed by atoms with Crippen molar-refractivity contribution in [1.82, 2.24) is 4.90 Å². The van der Waals surface area contributed by atoms with Crippen molar-refractivity contribution < 1.29 is 4.74 Å². The molecule has 1 heterocycles. The van der Waals surface area contributed by atoms with Crippen LogP contribution in [0.3, 0.4) is 0 Å². The zero-order chi connectivity index (χ0) is 12.8. The first-order valence-electron chi connectivity index (χ1n) is 6.53. The summed E-state index contributed by atoms with van der Waals surface area (Å²) in [5.74, 6) is -0.0229. The number of hydrogen-bond donors (Lipinski definition) is 0. The second-order valence-electron chi connectivity index (χ2n) is 4.83. The van der Waals surface area contributed by atoms with E-state index in [4.69, 9.17) is 4.74 Å². The van der Waals surface area contributed by atoms with E-state index >= 15 is 0 Å². The summed E-state index contributed by atoms with van der Waals surface area (Å²) in [7, 11) is 1.78. The van der Waals surface area contributed by atoms with Crippen LogP contribution in [0, 0.1) is 11.3 Å². The molecule has 1 saturated heterocycles. The smallest absolute Gasteiger partial charge is 0.0839 e. The number of methoxy groups -OCH3 is 1. The SMILES string of the molecule is COC1CCN(CC(C#N)c2ccccc2)CC1. The fourth-order valence-electron chi connectivity index (χ4n) is 2.49. The average Bonchev–Trinajstić information content (AvgIpc) is 2.46. The molecule has 18 heavy (non-hydrogen) atoms. The number of benzene rings is 1. The fraction of sp³-hybridized carbons (Fsp3) is 0.533. The first-order valence-corrected chi connectivity index (χ1v) is 6.53. The van der Waals surface area contributed by atoms with Crippen LogP contribution in [0.5, 0.6) is 0 Å². The summed E-state index contributed by atoms with van der Waals surface area (Å²) in [6.45, 7) is 2.89. The number of hydrogen-bond acceptors (Lipinski definition) is 3. The Hall–Kier alpha value is -1.37. The van der Waals surface area contributed by atoms with E-state index in [-0.39, 0.29) is 5.92 Å². The molecule has 3 heteroatoms. The van der Waals surface area contributed by atoms with Crippen LogP contribution in [0.15, 0.2) is 30.3 Å². The number of piperidine rings is 1. The lowest BCUT2D eigenvalue weighted by molar-refractivity contribution is 0.0406. The van der Waals surface area contributed by atoms with Crippen molar-refractivity contribution in [2.75, 3.05) is 26.7 Å². The van der Waals surface area contributed by atoms with Gasteiger partial charge in [-0.15, -0.1) is 0 Å². The lowest BCUT2D eigenvalue weighted by atomic mass is 9.98. The Morgan fingerprint density at radius 1 is 1.33 bits per heavy atom. The van der Waals surface area contributed by atoms with E-state index in [0.717, 1.165) is 38.0 Å². The Labute approximate surface area is 109 Å². The van der Waals surface area contributed by atoms with Gasteiger partial charge in [-0.3, -0.25) is 0 Å². The third-order valence-electron chi connectivity index (χ3n) is 3.67. The van der Waals surface area contributed by atoms with Gasteiger partial charge in [-0.05, 0) is 18.4 Å². The van der Waals surface area contributed by atoms with Crippen molar-refractivity contribution >= 4 is 0 Å². The lowest BCUT2D eigenvalue weighted by Crippen LogP contribution is -2.38. The molecule has 96 valence electrons. The third kappa shape index (κ3) is 3.32. The molecular weight excluding hydrogens is 224 g/mol. The van der Waals surface area contributed by atoms with E-state index in [1.165, 1.54) is 0 Å². The van der Waals surface area contributed by atoms with Gasteiger partial charge in [0.2, 0.25) is 0 Å². The normalized spacial score (nSPS) is 19.3. The molecule has 3 nitrogen and oxygen atoms in total. The van der Waals surface area contributed by atoms with E-state index < -0.39 is 0 Å². The van der Waals surface area contributed by atoms with Gasteiger partial charge < -0.3 is 9.64 Å². The molecule has 1 aliphatic heterocycles. The van der Waals surface area contributed by atoms with Crippen molar-refractivity contribution in [1.29, 1.82) is 5.26 Å². The molecular formula is C15H20N2O. The second-order valence-corrected chi connectivity index (χ2v) is 4.83. The minimum absolute atomic E-state index is 0.0229. The largest absolute Gasteiger partial charge is 0.381 e. The molecule has 1 aliphatic rings. The first-order chi connectivity index (χ1) is 8.83. The van der Waals surface area contributed by atoms with Gasteiger partial charge in [-0.1, -0.05) is 30.3 Å². The maximum Gasteiger partial charge on any atom is 0.0839 e. The van der Waals surface area contributed by atoms with E-state index in [1.54, 1.807) is 7.11 Å². The van der Waals surface area contributed by atoms with Crippen molar-refractivity contribution in [3.63, 3.8) is 0 Å². The van der Waals surface area contributed by atoms with Gasteiger partial charge in [0, 0.05) is 26.7 Å². The summed E-state index contributed by atoms with van der Waals surface area (Å²) in [4.78, 5) is 2.37. The van der Waals surface area contributed by atoms with Gasteiger partial charge in [0.05, 0.1) is 18.1 Å². The molecule has 1 fully saturated rings. The molecule has 0 aromatic heterocycles. The Morgan fingerprint density at radius 3 is 2.56 bits per heavy atom. The molecule has 0 saturated carbocycles. The summed E-state index contributed by atoms with van der Waals surface area (Å²) in [6, 6.07) is 12.5. The fourth-order valence-corrected chi connectivity index (χ4v) is 2.49. The van der Waals surface area contributed by atoms with E-state index in [2.05, 4.69) is 11.0 Å². The third-order valence-corrected chi connectivity index (χ3v) is 3.67. The summed E-state index contributed by atoms with van der Waals surface area (Å²) in [5.41, 5.74) is 1.12. The summed E-state index contributed by atoms with van der Waals surface area (Å²) in [6.07, 6.45) is 2.55. The zero-order valence-corrected chi connectivity index (χ0v) is 10.9. The Balaban J connectivity index is 1.91. The monoisotopic (exact) mass is 244 g/mol. The maximum atomic E-state index is 9.31. The summed E-state index contributed by atoms with van der Waals surface area (Å²) in [5, 5.41) is 9.31. The van der Waals surface area contributed by atoms with Gasteiger partial charge in [0.15, 0.2) is 0 Å². The van der Waals surface area contributed by atoms with E-state index in [1.807, 2.05) is 30.3 Å². The summed E-state index contributed by atoms with van der Waals surface area (Å²) < 4.78 is 5.36. The van der Waals surface area contributed by atoms with Crippen LogP contribution < -0.4 is 0 Å². The number of likely N-dealkylation sites (tertiary alicyclic amines) is 1. The first kappa shape index (κ1) is 13.1. The molecule has 2 rings (SSSR count). The predicted octanol–water partition coefficient (Wildman–Crippen LogP) is 2.40. The highest BCUT2D eigenvalue weighted by Gasteiger charge is 2.21. The molecule has 0 spiro atoms. The zero-order valence-electron chi connectivity index (χ0n) is 10.9. The Bertz CT molecular complexity index is 391. The molecule has 0 amide bonds. The van der Waals surface area contributed by atoms with Crippen molar-refractivity contribution in [3.8, 4) is 6.07 Å². The molecule has 1 unspecified atom stereocenters. The molecule has 0 N–H and O–H groups in total. The second kappa shape index (κ2) is 6.53. The van der Waals surface area contributed by atoms with Crippen LogP contribution in [-0.4, -0.2) is 37.7 Å². The number of rotatable bonds is 4. The van der Waals surface area contributed by atoms with E-state index in [9.17, 15) is 5.26 Å². The molecule has 0 aliphatic carbocycles. The van der Waals surface area contributed by atoms with Gasteiger partial charge in [-0.25, -0.2) is 0 Å². The molecule has 1 atom stereocenters. The van der Waals surface area contributed by atoms with Crippen LogP contribution >= 0.6 is 0 Å². The average molecular weight is 244 g/mol. The van der Waals surface area contributed by atoms with Crippen LogP contribution in [0.25, 0.3) is 0 Å². The molecule has 1 aromatic rings. The molecule has 0 bridgehead atoms. The minimum Gasteiger partial charge on any atom is -0.381 e. The van der Waals surface area contributed by atoms with E-state index in [0.29, 0.717) is 6.10 Å². The lowest BCUT2D eigenvalue weighted by Gasteiger charge is -2.32. The van der Waals surface area contributed by atoms with Crippen LogP contribution in [0.2, 0.25) is 0 Å². The van der Waals surface area contributed by atoms with Gasteiger partial charge in [-0.2, -0.15) is 5.26 Å². The number of nitrogens with zero attached hydrogens (tertiary/aromatic N) is 2. The standard InChI is InChI=1S/C15H20N2O/c1-18-15-7-9-17(10-8-15)12-14(11-16)13-5-3-2-4-6-13/h2-6,14-15H,7-10,12H2,1H3. The van der Waals surface area contributed by atoms with Crippen molar-refractivity contribution in [2.45, 2.75) is 24.9 Å². The van der Waals surface area contributed by atoms with Crippen LogP contribution in [0.1, 0.15) is 24.3 Å². The molecule has 0 radical (unpaired) electrons. The Kier molecular flexibility index (Phi) is 4.74. The van der Waals surface area contributed by atoms with Crippen LogP contribution in [0.4, 0.5) is 0 Å². The Morgan fingerprint density at radius 2 is 2.00 bits per heavy atom.